The highest BCUT2D eigenvalue weighted by Gasteiger charge is 2.10. The first kappa shape index (κ1) is 16.1. The Labute approximate surface area is 149 Å². The van der Waals surface area contributed by atoms with Gasteiger partial charge in [-0.3, -0.25) is 4.79 Å². The molecule has 26 heavy (non-hydrogen) atoms. The van der Waals surface area contributed by atoms with Gasteiger partial charge in [-0.15, -0.1) is 0 Å². The number of rotatable bonds is 6. The van der Waals surface area contributed by atoms with Crippen molar-refractivity contribution in [2.24, 2.45) is 0 Å². The Balaban J connectivity index is 1.33. The normalized spacial score (nSPS) is 10.9. The van der Waals surface area contributed by atoms with Crippen LogP contribution in [0.1, 0.15) is 5.69 Å². The Morgan fingerprint density at radius 1 is 1.04 bits per heavy atom. The zero-order chi connectivity index (χ0) is 17.8. The van der Waals surface area contributed by atoms with Crippen molar-refractivity contribution in [1.82, 2.24) is 5.16 Å². The summed E-state index contributed by atoms with van der Waals surface area (Å²) in [6.07, 6.45) is 1.56. The van der Waals surface area contributed by atoms with E-state index in [-0.39, 0.29) is 19.1 Å². The van der Waals surface area contributed by atoms with Gasteiger partial charge in [0.25, 0.3) is 0 Å². The number of amides is 1. The van der Waals surface area contributed by atoms with Crippen LogP contribution in [-0.2, 0) is 16.1 Å². The molecule has 6 nitrogen and oxygen atoms in total. The third-order valence-corrected chi connectivity index (χ3v) is 3.87. The molecule has 0 aliphatic rings. The maximum absolute atomic E-state index is 12.1. The first-order valence-corrected chi connectivity index (χ1v) is 8.14. The molecular weight excluding hydrogens is 332 g/mol. The van der Waals surface area contributed by atoms with Crippen LogP contribution in [0.4, 0.5) is 5.69 Å². The number of fused-ring (bicyclic) bond motifs is 1. The number of carbonyl (C=O) groups is 1. The third-order valence-electron chi connectivity index (χ3n) is 3.87. The van der Waals surface area contributed by atoms with Gasteiger partial charge in [-0.1, -0.05) is 41.6 Å². The van der Waals surface area contributed by atoms with Gasteiger partial charge in [0.1, 0.15) is 12.3 Å². The number of furan rings is 1. The molecule has 2 aromatic carbocycles. The lowest BCUT2D eigenvalue weighted by Crippen LogP contribution is -2.18. The summed E-state index contributed by atoms with van der Waals surface area (Å²) in [5, 5.41) is 8.84. The van der Waals surface area contributed by atoms with Gasteiger partial charge in [0.2, 0.25) is 11.7 Å². The van der Waals surface area contributed by atoms with Crippen LogP contribution in [0.5, 0.6) is 0 Å². The quantitative estimate of drug-likeness (QED) is 0.564. The summed E-state index contributed by atoms with van der Waals surface area (Å²) in [6.45, 7) is 0.0966. The Hall–Kier alpha value is -3.38. The Kier molecular flexibility index (Phi) is 4.49. The van der Waals surface area contributed by atoms with Crippen LogP contribution in [0.15, 0.2) is 75.9 Å². The van der Waals surface area contributed by atoms with Crippen molar-refractivity contribution in [3.8, 4) is 11.5 Å². The predicted octanol–water partition coefficient (Wildman–Crippen LogP) is 4.24. The molecule has 4 rings (SSSR count). The van der Waals surface area contributed by atoms with E-state index in [9.17, 15) is 4.79 Å². The van der Waals surface area contributed by atoms with Crippen molar-refractivity contribution < 1.29 is 18.5 Å². The Morgan fingerprint density at radius 3 is 2.81 bits per heavy atom. The summed E-state index contributed by atoms with van der Waals surface area (Å²) in [6, 6.07) is 18.9. The topological polar surface area (TPSA) is 77.5 Å². The summed E-state index contributed by atoms with van der Waals surface area (Å²) in [4.78, 5) is 12.1. The van der Waals surface area contributed by atoms with Gasteiger partial charge >= 0.3 is 0 Å². The molecule has 4 aromatic rings. The molecule has 0 unspecified atom stereocenters. The largest absolute Gasteiger partial charge is 0.461 e. The fraction of sp³-hybridized carbons (Fsp3) is 0.100. The molecule has 2 heterocycles. The standard InChI is InChI=1S/C20H16N2O4/c23-20(21-17-8-3-6-14-5-1-2-7-16(14)17)13-24-12-15-11-19(26-22-15)18-9-4-10-25-18/h1-11H,12-13H2,(H,21,23). The van der Waals surface area contributed by atoms with E-state index in [2.05, 4.69) is 10.5 Å². The van der Waals surface area contributed by atoms with Crippen LogP contribution in [0, 0.1) is 0 Å². The van der Waals surface area contributed by atoms with Crippen LogP contribution in [0.25, 0.3) is 22.3 Å². The van der Waals surface area contributed by atoms with Crippen molar-refractivity contribution in [2.45, 2.75) is 6.61 Å². The number of anilines is 1. The van der Waals surface area contributed by atoms with Crippen molar-refractivity contribution in [1.29, 1.82) is 0 Å². The van der Waals surface area contributed by atoms with Crippen molar-refractivity contribution >= 4 is 22.4 Å². The highest BCUT2D eigenvalue weighted by molar-refractivity contribution is 6.02. The summed E-state index contributed by atoms with van der Waals surface area (Å²) >= 11 is 0. The van der Waals surface area contributed by atoms with Gasteiger partial charge in [0.15, 0.2) is 5.76 Å². The van der Waals surface area contributed by atoms with E-state index in [4.69, 9.17) is 13.7 Å². The molecule has 0 fully saturated rings. The van der Waals surface area contributed by atoms with Crippen molar-refractivity contribution in [3.05, 3.63) is 72.6 Å². The van der Waals surface area contributed by atoms with Crippen molar-refractivity contribution in [3.63, 3.8) is 0 Å². The zero-order valence-corrected chi connectivity index (χ0v) is 13.8. The summed E-state index contributed by atoms with van der Waals surface area (Å²) < 4.78 is 15.9. The van der Waals surface area contributed by atoms with Gasteiger partial charge in [-0.25, -0.2) is 0 Å². The average Bonchev–Trinajstić information content (AvgIpc) is 3.34. The molecular formula is C20H16N2O4. The SMILES string of the molecule is O=C(COCc1cc(-c2ccco2)on1)Nc1cccc2ccccc12. The molecule has 1 N–H and O–H groups in total. The van der Waals surface area contributed by atoms with Crippen LogP contribution in [0.2, 0.25) is 0 Å². The van der Waals surface area contributed by atoms with Gasteiger partial charge in [-0.05, 0) is 23.6 Å². The van der Waals surface area contributed by atoms with E-state index in [1.165, 1.54) is 0 Å². The lowest BCUT2D eigenvalue weighted by atomic mass is 10.1. The predicted molar refractivity (Wildman–Crippen MR) is 96.4 cm³/mol. The minimum atomic E-state index is -0.226. The van der Waals surface area contributed by atoms with Gasteiger partial charge in [-0.2, -0.15) is 0 Å². The molecule has 1 amide bonds. The van der Waals surface area contributed by atoms with E-state index >= 15 is 0 Å². The summed E-state index contributed by atoms with van der Waals surface area (Å²) in [5.74, 6) is 0.891. The lowest BCUT2D eigenvalue weighted by molar-refractivity contribution is -0.121. The maximum atomic E-state index is 12.1. The molecule has 130 valence electrons. The van der Waals surface area contributed by atoms with Crippen molar-refractivity contribution in [2.75, 3.05) is 11.9 Å². The second-order valence-corrected chi connectivity index (χ2v) is 5.73. The molecule has 6 heteroatoms. The summed E-state index contributed by atoms with van der Waals surface area (Å²) in [7, 11) is 0. The van der Waals surface area contributed by atoms with E-state index < -0.39 is 0 Å². The molecule has 0 bridgehead atoms. The van der Waals surface area contributed by atoms with Crippen LogP contribution in [-0.4, -0.2) is 17.7 Å². The first-order chi connectivity index (χ1) is 12.8. The highest BCUT2D eigenvalue weighted by atomic mass is 16.5. The van der Waals surface area contributed by atoms with Gasteiger partial charge in [0, 0.05) is 17.1 Å². The monoisotopic (exact) mass is 348 g/mol. The molecule has 2 aromatic heterocycles. The fourth-order valence-corrected chi connectivity index (χ4v) is 2.68. The zero-order valence-electron chi connectivity index (χ0n) is 13.8. The first-order valence-electron chi connectivity index (χ1n) is 8.14. The summed E-state index contributed by atoms with van der Waals surface area (Å²) in [5.41, 5.74) is 1.35. The lowest BCUT2D eigenvalue weighted by Gasteiger charge is -2.08. The van der Waals surface area contributed by atoms with Gasteiger partial charge in [0.05, 0.1) is 12.9 Å². The minimum Gasteiger partial charge on any atom is -0.461 e. The van der Waals surface area contributed by atoms with Crippen LogP contribution < -0.4 is 5.32 Å². The Morgan fingerprint density at radius 2 is 1.92 bits per heavy atom. The number of nitrogens with one attached hydrogen (secondary N) is 1. The molecule has 0 radical (unpaired) electrons. The molecule has 0 aliphatic carbocycles. The fourth-order valence-electron chi connectivity index (χ4n) is 2.68. The maximum Gasteiger partial charge on any atom is 0.250 e. The van der Waals surface area contributed by atoms with E-state index in [1.54, 1.807) is 24.5 Å². The molecule has 0 aliphatic heterocycles. The van der Waals surface area contributed by atoms with Crippen LogP contribution >= 0.6 is 0 Å². The van der Waals surface area contributed by atoms with E-state index in [0.29, 0.717) is 17.2 Å². The third kappa shape index (κ3) is 3.50. The number of hydrogen-bond donors (Lipinski definition) is 1. The number of aromatic nitrogens is 1. The molecule has 0 atom stereocenters. The Bertz CT molecular complexity index is 1020. The van der Waals surface area contributed by atoms with Gasteiger partial charge < -0.3 is 19.0 Å². The second kappa shape index (κ2) is 7.25. The highest BCUT2D eigenvalue weighted by Crippen LogP contribution is 2.23. The van der Waals surface area contributed by atoms with E-state index in [0.717, 1.165) is 16.5 Å². The van der Waals surface area contributed by atoms with E-state index in [1.807, 2.05) is 42.5 Å². The average molecular weight is 348 g/mol. The number of hydrogen-bond acceptors (Lipinski definition) is 5. The van der Waals surface area contributed by atoms with Crippen LogP contribution in [0.3, 0.4) is 0 Å². The number of carbonyl (C=O) groups excluding carboxylic acids is 1. The molecule has 0 spiro atoms. The number of nitrogens with zero attached hydrogens (tertiary/aromatic N) is 1. The smallest absolute Gasteiger partial charge is 0.250 e. The second-order valence-electron chi connectivity index (χ2n) is 5.73. The molecule has 0 saturated carbocycles. The number of ether oxygens (including phenoxy) is 1. The minimum absolute atomic E-state index is 0.0772. The molecule has 0 saturated heterocycles. The number of benzene rings is 2.